The molecule has 2 fully saturated rings. The van der Waals surface area contributed by atoms with Crippen LogP contribution >= 0.6 is 0 Å². The fourth-order valence-corrected chi connectivity index (χ4v) is 2.37. The first-order chi connectivity index (χ1) is 9.81. The molecule has 2 saturated heterocycles. The Labute approximate surface area is 118 Å². The highest BCUT2D eigenvalue weighted by molar-refractivity contribution is 5.84. The van der Waals surface area contributed by atoms with Gasteiger partial charge in [0.05, 0.1) is 19.3 Å². The van der Waals surface area contributed by atoms with E-state index in [0.29, 0.717) is 6.04 Å². The number of ether oxygens (including phenoxy) is 1. The van der Waals surface area contributed by atoms with E-state index >= 15 is 0 Å². The first-order valence-corrected chi connectivity index (χ1v) is 6.92. The van der Waals surface area contributed by atoms with E-state index in [1.165, 1.54) is 0 Å². The molecule has 108 valence electrons. The number of carbonyl (C=O) groups excluding carboxylic acids is 1. The van der Waals surface area contributed by atoms with E-state index in [4.69, 9.17) is 9.57 Å². The Morgan fingerprint density at radius 2 is 1.85 bits per heavy atom. The van der Waals surface area contributed by atoms with Crippen molar-refractivity contribution in [2.24, 2.45) is 0 Å². The molecule has 6 nitrogen and oxygen atoms in total. The van der Waals surface area contributed by atoms with Crippen molar-refractivity contribution in [1.82, 2.24) is 9.96 Å². The van der Waals surface area contributed by atoms with Gasteiger partial charge < -0.3 is 9.57 Å². The zero-order valence-corrected chi connectivity index (χ0v) is 11.3. The number of hydrogen-bond acceptors (Lipinski definition) is 5. The van der Waals surface area contributed by atoms with Crippen LogP contribution in [0, 0.1) is 0 Å². The number of hydrogen-bond donors (Lipinski definition) is 1. The number of rotatable bonds is 3. The Hall–Kier alpha value is -1.63. The zero-order chi connectivity index (χ0) is 13.8. The maximum Gasteiger partial charge on any atom is 0.430 e. The van der Waals surface area contributed by atoms with Crippen LogP contribution in [0.5, 0.6) is 0 Å². The molecule has 0 spiro atoms. The quantitative estimate of drug-likeness (QED) is 0.898. The number of hydroxylamine groups is 2. The average molecular weight is 277 g/mol. The molecule has 2 aliphatic rings. The standard InChI is InChI=1S/C14H19N3O3/c18-14(15-12-4-2-1-3-5-12)20-17-8-6-16(7-9-17)13-10-19-11-13/h1-5,13H,6-11H2,(H,15,18). The number of nitrogens with one attached hydrogen (secondary N) is 1. The van der Waals surface area contributed by atoms with Crippen molar-refractivity contribution in [3.05, 3.63) is 30.3 Å². The summed E-state index contributed by atoms with van der Waals surface area (Å²) in [4.78, 5) is 19.4. The lowest BCUT2D eigenvalue weighted by Crippen LogP contribution is -2.56. The molecule has 0 unspecified atom stereocenters. The molecule has 0 atom stereocenters. The largest absolute Gasteiger partial charge is 0.430 e. The van der Waals surface area contributed by atoms with Crippen molar-refractivity contribution < 1.29 is 14.4 Å². The number of amides is 1. The van der Waals surface area contributed by atoms with E-state index in [1.807, 2.05) is 30.3 Å². The second-order valence-corrected chi connectivity index (χ2v) is 5.03. The molecule has 6 heteroatoms. The predicted molar refractivity (Wildman–Crippen MR) is 74.3 cm³/mol. The van der Waals surface area contributed by atoms with E-state index in [0.717, 1.165) is 45.1 Å². The van der Waals surface area contributed by atoms with Crippen LogP contribution in [-0.4, -0.2) is 61.5 Å². The summed E-state index contributed by atoms with van der Waals surface area (Å²) in [5.74, 6) is 0. The van der Waals surface area contributed by atoms with Gasteiger partial charge in [0, 0.05) is 31.9 Å². The van der Waals surface area contributed by atoms with Crippen molar-refractivity contribution in [2.45, 2.75) is 6.04 Å². The predicted octanol–water partition coefficient (Wildman–Crippen LogP) is 1.17. The molecule has 0 aliphatic carbocycles. The van der Waals surface area contributed by atoms with Crippen molar-refractivity contribution in [3.8, 4) is 0 Å². The summed E-state index contributed by atoms with van der Waals surface area (Å²) >= 11 is 0. The molecule has 0 saturated carbocycles. The van der Waals surface area contributed by atoms with Crippen LogP contribution in [-0.2, 0) is 9.57 Å². The third-order valence-electron chi connectivity index (χ3n) is 3.64. The first kappa shape index (κ1) is 13.4. The number of anilines is 1. The van der Waals surface area contributed by atoms with Gasteiger partial charge in [-0.25, -0.2) is 4.79 Å². The average Bonchev–Trinajstić information content (AvgIpc) is 2.40. The maximum atomic E-state index is 11.8. The number of para-hydroxylation sites is 1. The number of piperazine rings is 1. The minimum Gasteiger partial charge on any atom is -0.378 e. The van der Waals surface area contributed by atoms with Crippen LogP contribution in [0.15, 0.2) is 30.3 Å². The number of benzene rings is 1. The summed E-state index contributed by atoms with van der Waals surface area (Å²) in [5.41, 5.74) is 0.739. The lowest BCUT2D eigenvalue weighted by atomic mass is 10.2. The summed E-state index contributed by atoms with van der Waals surface area (Å²) in [6, 6.07) is 9.85. The molecule has 1 aromatic rings. The molecule has 2 heterocycles. The molecule has 20 heavy (non-hydrogen) atoms. The van der Waals surface area contributed by atoms with Gasteiger partial charge in [-0.15, -0.1) is 5.06 Å². The second-order valence-electron chi connectivity index (χ2n) is 5.03. The van der Waals surface area contributed by atoms with E-state index < -0.39 is 6.09 Å². The highest BCUT2D eigenvalue weighted by Crippen LogP contribution is 2.14. The molecule has 1 amide bonds. The highest BCUT2D eigenvalue weighted by Gasteiger charge is 2.29. The van der Waals surface area contributed by atoms with Crippen molar-refractivity contribution in [2.75, 3.05) is 44.7 Å². The van der Waals surface area contributed by atoms with Gasteiger partial charge in [-0.05, 0) is 12.1 Å². The Morgan fingerprint density at radius 1 is 1.15 bits per heavy atom. The molecule has 0 radical (unpaired) electrons. The molecule has 0 bridgehead atoms. The molecule has 0 aromatic heterocycles. The molecule has 1 N–H and O–H groups in total. The minimum atomic E-state index is -0.434. The van der Waals surface area contributed by atoms with Gasteiger partial charge in [-0.2, -0.15) is 0 Å². The Kier molecular flexibility index (Phi) is 4.15. The molecule has 3 rings (SSSR count). The topological polar surface area (TPSA) is 54.0 Å². The summed E-state index contributed by atoms with van der Waals surface area (Å²) in [6.45, 7) is 4.95. The minimum absolute atomic E-state index is 0.434. The van der Waals surface area contributed by atoms with Gasteiger partial charge in [0.1, 0.15) is 0 Å². The normalized spacial score (nSPS) is 21.2. The smallest absolute Gasteiger partial charge is 0.378 e. The van der Waals surface area contributed by atoms with Gasteiger partial charge in [0.25, 0.3) is 0 Å². The Morgan fingerprint density at radius 3 is 2.45 bits per heavy atom. The van der Waals surface area contributed by atoms with Crippen LogP contribution in [0.3, 0.4) is 0 Å². The van der Waals surface area contributed by atoms with Crippen molar-refractivity contribution in [3.63, 3.8) is 0 Å². The third-order valence-corrected chi connectivity index (χ3v) is 3.64. The summed E-state index contributed by atoms with van der Waals surface area (Å²) in [7, 11) is 0. The maximum absolute atomic E-state index is 11.8. The molecule has 1 aromatic carbocycles. The van der Waals surface area contributed by atoms with Gasteiger partial charge in [0.2, 0.25) is 0 Å². The SMILES string of the molecule is O=C(Nc1ccccc1)ON1CCN(C2COC2)CC1. The summed E-state index contributed by atoms with van der Waals surface area (Å²) < 4.78 is 5.20. The van der Waals surface area contributed by atoms with E-state index in [-0.39, 0.29) is 0 Å². The Balaban J connectivity index is 1.41. The number of nitrogens with zero attached hydrogens (tertiary/aromatic N) is 2. The fraction of sp³-hybridized carbons (Fsp3) is 0.500. The van der Waals surface area contributed by atoms with Gasteiger partial charge >= 0.3 is 6.09 Å². The lowest BCUT2D eigenvalue weighted by molar-refractivity contribution is -0.143. The number of carbonyl (C=O) groups is 1. The van der Waals surface area contributed by atoms with Crippen LogP contribution in [0.4, 0.5) is 10.5 Å². The third kappa shape index (κ3) is 3.27. The zero-order valence-electron chi connectivity index (χ0n) is 11.3. The van der Waals surface area contributed by atoms with Gasteiger partial charge in [0.15, 0.2) is 0 Å². The molecule has 2 aliphatic heterocycles. The van der Waals surface area contributed by atoms with E-state index in [1.54, 1.807) is 5.06 Å². The molecular formula is C14H19N3O3. The van der Waals surface area contributed by atoms with Crippen LogP contribution in [0.1, 0.15) is 0 Å². The monoisotopic (exact) mass is 277 g/mol. The van der Waals surface area contributed by atoms with Crippen molar-refractivity contribution in [1.29, 1.82) is 0 Å². The van der Waals surface area contributed by atoms with Gasteiger partial charge in [-0.3, -0.25) is 10.2 Å². The molecular weight excluding hydrogens is 258 g/mol. The van der Waals surface area contributed by atoms with Crippen molar-refractivity contribution >= 4 is 11.8 Å². The van der Waals surface area contributed by atoms with E-state index in [9.17, 15) is 4.79 Å². The van der Waals surface area contributed by atoms with Crippen LogP contribution in [0.25, 0.3) is 0 Å². The highest BCUT2D eigenvalue weighted by atomic mass is 16.7. The van der Waals surface area contributed by atoms with Crippen LogP contribution in [0.2, 0.25) is 0 Å². The van der Waals surface area contributed by atoms with Gasteiger partial charge in [-0.1, -0.05) is 18.2 Å². The second kappa shape index (κ2) is 6.21. The van der Waals surface area contributed by atoms with Crippen LogP contribution < -0.4 is 5.32 Å². The fourth-order valence-electron chi connectivity index (χ4n) is 2.37. The Bertz CT molecular complexity index is 442. The summed E-state index contributed by atoms with van der Waals surface area (Å²) in [6.07, 6.45) is -0.434. The van der Waals surface area contributed by atoms with E-state index in [2.05, 4.69) is 10.2 Å². The lowest BCUT2D eigenvalue weighted by Gasteiger charge is -2.41. The summed E-state index contributed by atoms with van der Waals surface area (Å²) in [5, 5.41) is 4.43. The first-order valence-electron chi connectivity index (χ1n) is 6.92.